The van der Waals surface area contributed by atoms with Gasteiger partial charge in [-0.05, 0) is 31.0 Å². The van der Waals surface area contributed by atoms with Crippen LogP contribution in [0.3, 0.4) is 0 Å². The first-order valence-electron chi connectivity index (χ1n) is 9.79. The first kappa shape index (κ1) is 19.8. The van der Waals surface area contributed by atoms with Gasteiger partial charge in [-0.25, -0.2) is 9.97 Å². The average Bonchev–Trinajstić information content (AvgIpc) is 3.24. The van der Waals surface area contributed by atoms with Gasteiger partial charge >= 0.3 is 0 Å². The van der Waals surface area contributed by atoms with E-state index in [4.69, 9.17) is 14.5 Å². The van der Waals surface area contributed by atoms with Crippen molar-refractivity contribution in [2.75, 3.05) is 32.2 Å². The molecule has 2 aromatic heterocycles. The Bertz CT molecular complexity index is 1050. The maximum Gasteiger partial charge on any atom is 0.245 e. The highest BCUT2D eigenvalue weighted by Crippen LogP contribution is 2.32. The van der Waals surface area contributed by atoms with Gasteiger partial charge in [0.25, 0.3) is 0 Å². The summed E-state index contributed by atoms with van der Waals surface area (Å²) >= 11 is 0. The van der Waals surface area contributed by atoms with Gasteiger partial charge in [-0.1, -0.05) is 0 Å². The number of imidazole rings is 1. The number of hydrogen-bond acceptors (Lipinski definition) is 8. The van der Waals surface area contributed by atoms with Gasteiger partial charge in [0, 0.05) is 44.0 Å². The highest BCUT2D eigenvalue weighted by atomic mass is 16.5. The van der Waals surface area contributed by atoms with Crippen LogP contribution < -0.4 is 14.4 Å². The van der Waals surface area contributed by atoms with E-state index in [1.807, 2.05) is 30.1 Å². The second-order valence-corrected chi connectivity index (χ2v) is 7.22. The SMILES string of the molecule is COc1ccc(-c2cnnc(N3CCC[C@H](C(=O)c4nccn4C)C3)n2)cc1OC. The number of ketones is 1. The van der Waals surface area contributed by atoms with Gasteiger partial charge in [-0.15, -0.1) is 5.10 Å². The van der Waals surface area contributed by atoms with Crippen LogP contribution >= 0.6 is 0 Å². The predicted octanol–water partition coefficient (Wildman–Crippen LogP) is 2.39. The lowest BCUT2D eigenvalue weighted by atomic mass is 9.93. The number of methoxy groups -OCH3 is 2. The Morgan fingerprint density at radius 2 is 2.03 bits per heavy atom. The van der Waals surface area contributed by atoms with Crippen molar-refractivity contribution in [1.29, 1.82) is 0 Å². The molecule has 1 aliphatic heterocycles. The standard InChI is InChI=1S/C21H24N6O3/c1-26-10-8-22-20(26)19(28)15-5-4-9-27(13-15)21-24-16(12-23-25-21)14-6-7-17(29-2)18(11-14)30-3/h6-8,10-12,15H,4-5,9,13H2,1-3H3/t15-/m0/s1. The smallest absolute Gasteiger partial charge is 0.245 e. The minimum Gasteiger partial charge on any atom is -0.493 e. The summed E-state index contributed by atoms with van der Waals surface area (Å²) in [6.45, 7) is 1.32. The monoisotopic (exact) mass is 408 g/mol. The molecule has 1 atom stereocenters. The molecule has 1 aliphatic rings. The van der Waals surface area contributed by atoms with Gasteiger partial charge in [0.15, 0.2) is 17.3 Å². The minimum absolute atomic E-state index is 0.0520. The number of Topliss-reactive ketones (excluding diaryl/α,β-unsaturated/α-hetero) is 1. The topological polar surface area (TPSA) is 95.3 Å². The van der Waals surface area contributed by atoms with Crippen molar-refractivity contribution in [1.82, 2.24) is 24.7 Å². The summed E-state index contributed by atoms with van der Waals surface area (Å²) in [7, 11) is 5.03. The van der Waals surface area contributed by atoms with Gasteiger partial charge in [0.1, 0.15) is 0 Å². The molecule has 0 amide bonds. The Hall–Kier alpha value is -3.49. The Balaban J connectivity index is 1.56. The molecule has 3 heterocycles. The van der Waals surface area contributed by atoms with E-state index in [1.165, 1.54) is 0 Å². The van der Waals surface area contributed by atoms with E-state index in [0.29, 0.717) is 35.5 Å². The van der Waals surface area contributed by atoms with Crippen LogP contribution in [0.25, 0.3) is 11.3 Å². The normalized spacial score (nSPS) is 16.4. The molecule has 30 heavy (non-hydrogen) atoms. The Morgan fingerprint density at radius 3 is 2.77 bits per heavy atom. The summed E-state index contributed by atoms with van der Waals surface area (Å²) < 4.78 is 12.4. The van der Waals surface area contributed by atoms with E-state index in [9.17, 15) is 4.79 Å². The van der Waals surface area contributed by atoms with E-state index < -0.39 is 0 Å². The summed E-state index contributed by atoms with van der Waals surface area (Å²) in [5, 5.41) is 8.36. The molecule has 4 rings (SSSR count). The second kappa shape index (κ2) is 8.48. The van der Waals surface area contributed by atoms with Crippen molar-refractivity contribution >= 4 is 11.7 Å². The van der Waals surface area contributed by atoms with Crippen LogP contribution in [0.5, 0.6) is 11.5 Å². The lowest BCUT2D eigenvalue weighted by molar-refractivity contribution is 0.0893. The molecule has 1 saturated heterocycles. The fraction of sp³-hybridized carbons (Fsp3) is 0.381. The molecule has 0 bridgehead atoms. The van der Waals surface area contributed by atoms with Gasteiger partial charge in [-0.3, -0.25) is 4.79 Å². The van der Waals surface area contributed by atoms with Crippen molar-refractivity contribution in [2.24, 2.45) is 13.0 Å². The van der Waals surface area contributed by atoms with Crippen LogP contribution in [0.4, 0.5) is 5.95 Å². The number of nitrogens with zero attached hydrogens (tertiary/aromatic N) is 6. The molecule has 9 heteroatoms. The van der Waals surface area contributed by atoms with E-state index in [2.05, 4.69) is 15.2 Å². The summed E-state index contributed by atoms with van der Waals surface area (Å²) in [6.07, 6.45) is 6.75. The highest BCUT2D eigenvalue weighted by molar-refractivity contribution is 5.95. The Labute approximate surface area is 174 Å². The first-order valence-corrected chi connectivity index (χ1v) is 9.79. The Morgan fingerprint density at radius 1 is 1.20 bits per heavy atom. The molecule has 0 saturated carbocycles. The van der Waals surface area contributed by atoms with Gasteiger partial charge in [0.2, 0.25) is 11.7 Å². The zero-order valence-electron chi connectivity index (χ0n) is 17.3. The summed E-state index contributed by atoms with van der Waals surface area (Å²) in [6, 6.07) is 5.59. The molecule has 1 fully saturated rings. The fourth-order valence-electron chi connectivity index (χ4n) is 3.72. The molecule has 1 aromatic carbocycles. The third kappa shape index (κ3) is 3.83. The summed E-state index contributed by atoms with van der Waals surface area (Å²) in [4.78, 5) is 23.8. The molecule has 0 aliphatic carbocycles. The van der Waals surface area contributed by atoms with E-state index in [0.717, 1.165) is 24.9 Å². The minimum atomic E-state index is -0.145. The molecule has 9 nitrogen and oxygen atoms in total. The third-order valence-electron chi connectivity index (χ3n) is 5.34. The van der Waals surface area contributed by atoms with Crippen molar-refractivity contribution in [3.63, 3.8) is 0 Å². The number of anilines is 1. The zero-order valence-corrected chi connectivity index (χ0v) is 17.3. The zero-order chi connectivity index (χ0) is 21.1. The first-order chi connectivity index (χ1) is 14.6. The molecule has 0 unspecified atom stereocenters. The molecular formula is C21H24N6O3. The van der Waals surface area contributed by atoms with Gasteiger partial charge < -0.3 is 18.9 Å². The number of ether oxygens (including phenoxy) is 2. The van der Waals surface area contributed by atoms with Crippen LogP contribution in [0, 0.1) is 5.92 Å². The van der Waals surface area contributed by atoms with Crippen LogP contribution in [0.15, 0.2) is 36.8 Å². The molecule has 0 N–H and O–H groups in total. The van der Waals surface area contributed by atoms with Crippen LogP contribution in [-0.4, -0.2) is 57.8 Å². The van der Waals surface area contributed by atoms with Gasteiger partial charge in [0.05, 0.1) is 26.1 Å². The van der Waals surface area contributed by atoms with E-state index >= 15 is 0 Å². The Kier molecular flexibility index (Phi) is 5.60. The molecule has 0 spiro atoms. The number of piperidine rings is 1. The van der Waals surface area contributed by atoms with Crippen LogP contribution in [-0.2, 0) is 7.05 Å². The summed E-state index contributed by atoms with van der Waals surface area (Å²) in [5.41, 5.74) is 1.53. The van der Waals surface area contributed by atoms with Crippen molar-refractivity contribution in [2.45, 2.75) is 12.8 Å². The lowest BCUT2D eigenvalue weighted by Gasteiger charge is -2.31. The highest BCUT2D eigenvalue weighted by Gasteiger charge is 2.30. The van der Waals surface area contributed by atoms with E-state index in [1.54, 1.807) is 37.4 Å². The largest absolute Gasteiger partial charge is 0.493 e. The van der Waals surface area contributed by atoms with Crippen molar-refractivity contribution in [3.8, 4) is 22.8 Å². The number of aromatic nitrogens is 5. The van der Waals surface area contributed by atoms with Crippen molar-refractivity contribution < 1.29 is 14.3 Å². The van der Waals surface area contributed by atoms with Crippen LogP contribution in [0.1, 0.15) is 23.5 Å². The molecular weight excluding hydrogens is 384 g/mol. The fourth-order valence-corrected chi connectivity index (χ4v) is 3.72. The lowest BCUT2D eigenvalue weighted by Crippen LogP contribution is -2.40. The molecule has 0 radical (unpaired) electrons. The maximum absolute atomic E-state index is 12.9. The number of carbonyl (C=O) groups excluding carboxylic acids is 1. The van der Waals surface area contributed by atoms with E-state index in [-0.39, 0.29) is 11.7 Å². The maximum atomic E-state index is 12.9. The number of rotatable bonds is 6. The predicted molar refractivity (Wildman–Crippen MR) is 111 cm³/mol. The number of benzene rings is 1. The second-order valence-electron chi connectivity index (χ2n) is 7.22. The number of carbonyl (C=O) groups is 1. The molecule has 156 valence electrons. The number of hydrogen-bond donors (Lipinski definition) is 0. The third-order valence-corrected chi connectivity index (χ3v) is 5.34. The summed E-state index contributed by atoms with van der Waals surface area (Å²) in [5.74, 6) is 2.17. The average molecular weight is 408 g/mol. The van der Waals surface area contributed by atoms with Gasteiger partial charge in [-0.2, -0.15) is 5.10 Å². The molecule has 3 aromatic rings. The van der Waals surface area contributed by atoms with Crippen molar-refractivity contribution in [3.05, 3.63) is 42.6 Å². The quantitative estimate of drug-likeness (QED) is 0.574. The van der Waals surface area contributed by atoms with Crippen LogP contribution in [0.2, 0.25) is 0 Å². The number of aryl methyl sites for hydroxylation is 1.